The highest BCUT2D eigenvalue weighted by Gasteiger charge is 2.15. The second kappa shape index (κ2) is 5.30. The third kappa shape index (κ3) is 2.65. The van der Waals surface area contributed by atoms with Gasteiger partial charge in [0.05, 0.1) is 9.85 Å². The molecule has 1 heterocycles. The summed E-state index contributed by atoms with van der Waals surface area (Å²) in [6.45, 7) is 0. The molecule has 1 unspecified atom stereocenters. The maximum Gasteiger partial charge on any atom is 0.142 e. The molecule has 1 atom stereocenters. The molecule has 0 amide bonds. The minimum atomic E-state index is -0.323. The van der Waals surface area contributed by atoms with Crippen molar-refractivity contribution >= 4 is 38.9 Å². The first-order valence-electron chi connectivity index (χ1n) is 4.79. The van der Waals surface area contributed by atoms with E-state index in [1.165, 1.54) is 4.88 Å². The van der Waals surface area contributed by atoms with Crippen LogP contribution in [0.4, 0.5) is 4.39 Å². The van der Waals surface area contributed by atoms with Gasteiger partial charge >= 0.3 is 0 Å². The van der Waals surface area contributed by atoms with E-state index in [1.54, 1.807) is 29.5 Å². The highest BCUT2D eigenvalue weighted by Crippen LogP contribution is 2.31. The zero-order valence-corrected chi connectivity index (χ0v) is 11.4. The van der Waals surface area contributed by atoms with Crippen LogP contribution in [0.15, 0.2) is 40.2 Å². The molecule has 0 aliphatic heterocycles. The SMILES string of the molecule is Fc1c(Br)cccc1C(Cl)Cc1cccs1. The molecule has 16 heavy (non-hydrogen) atoms. The van der Waals surface area contributed by atoms with Gasteiger partial charge in [-0.05, 0) is 33.4 Å². The van der Waals surface area contributed by atoms with Crippen LogP contribution >= 0.6 is 38.9 Å². The van der Waals surface area contributed by atoms with Crippen molar-refractivity contribution in [2.75, 3.05) is 0 Å². The number of halogens is 3. The Bertz CT molecular complexity index is 470. The fourth-order valence-electron chi connectivity index (χ4n) is 1.48. The standard InChI is InChI=1S/C12H9BrClFS/c13-10-5-1-4-9(12(10)15)11(14)7-8-3-2-6-16-8/h1-6,11H,7H2. The van der Waals surface area contributed by atoms with Gasteiger partial charge in [-0.15, -0.1) is 22.9 Å². The van der Waals surface area contributed by atoms with Crippen LogP contribution < -0.4 is 0 Å². The molecule has 0 aliphatic carbocycles. The van der Waals surface area contributed by atoms with Gasteiger partial charge in [0, 0.05) is 16.9 Å². The molecular weight excluding hydrogens is 311 g/mol. The van der Waals surface area contributed by atoms with Gasteiger partial charge in [0.1, 0.15) is 5.82 Å². The second-order valence-corrected chi connectivity index (χ2v) is 5.81. The van der Waals surface area contributed by atoms with Gasteiger partial charge in [0.2, 0.25) is 0 Å². The Morgan fingerprint density at radius 3 is 2.81 bits per heavy atom. The Morgan fingerprint density at radius 1 is 1.31 bits per heavy atom. The lowest BCUT2D eigenvalue weighted by atomic mass is 10.1. The molecule has 0 fully saturated rings. The van der Waals surface area contributed by atoms with E-state index in [0.717, 1.165) is 0 Å². The van der Waals surface area contributed by atoms with Gasteiger partial charge in [-0.3, -0.25) is 0 Å². The van der Waals surface area contributed by atoms with E-state index in [2.05, 4.69) is 15.9 Å². The molecular formula is C12H9BrClFS. The van der Waals surface area contributed by atoms with Gasteiger partial charge in [0.15, 0.2) is 0 Å². The lowest BCUT2D eigenvalue weighted by molar-refractivity contribution is 0.600. The third-order valence-electron chi connectivity index (χ3n) is 2.28. The van der Waals surface area contributed by atoms with E-state index in [4.69, 9.17) is 11.6 Å². The maximum absolute atomic E-state index is 13.8. The van der Waals surface area contributed by atoms with Crippen molar-refractivity contribution in [2.45, 2.75) is 11.8 Å². The maximum atomic E-state index is 13.8. The topological polar surface area (TPSA) is 0 Å². The molecule has 0 spiro atoms. The lowest BCUT2D eigenvalue weighted by Gasteiger charge is -2.10. The second-order valence-electron chi connectivity index (χ2n) is 3.39. The number of hydrogen-bond acceptors (Lipinski definition) is 1. The number of hydrogen-bond donors (Lipinski definition) is 0. The molecule has 0 radical (unpaired) electrons. The van der Waals surface area contributed by atoms with Gasteiger partial charge in [-0.1, -0.05) is 18.2 Å². The van der Waals surface area contributed by atoms with Crippen LogP contribution in [0.3, 0.4) is 0 Å². The highest BCUT2D eigenvalue weighted by molar-refractivity contribution is 9.10. The fraction of sp³-hybridized carbons (Fsp3) is 0.167. The first kappa shape index (κ1) is 12.1. The number of benzene rings is 1. The zero-order chi connectivity index (χ0) is 11.5. The van der Waals surface area contributed by atoms with Gasteiger partial charge in [0.25, 0.3) is 0 Å². The monoisotopic (exact) mass is 318 g/mol. The summed E-state index contributed by atoms with van der Waals surface area (Å²) in [6.07, 6.45) is 0.659. The molecule has 0 saturated carbocycles. The summed E-state index contributed by atoms with van der Waals surface area (Å²) in [5.74, 6) is -0.265. The van der Waals surface area contributed by atoms with Crippen molar-refractivity contribution in [1.82, 2.24) is 0 Å². The summed E-state index contributed by atoms with van der Waals surface area (Å²) >= 11 is 11.0. The molecule has 1 aromatic heterocycles. The van der Waals surface area contributed by atoms with E-state index in [9.17, 15) is 4.39 Å². The molecule has 84 valence electrons. The molecule has 0 saturated heterocycles. The quantitative estimate of drug-likeness (QED) is 0.684. The molecule has 2 rings (SSSR count). The van der Waals surface area contributed by atoms with E-state index >= 15 is 0 Å². The largest absolute Gasteiger partial charge is 0.205 e. The molecule has 4 heteroatoms. The minimum Gasteiger partial charge on any atom is -0.205 e. The normalized spacial score (nSPS) is 12.7. The van der Waals surface area contributed by atoms with Crippen LogP contribution in [0.1, 0.15) is 15.8 Å². The van der Waals surface area contributed by atoms with Crippen LogP contribution in [0.5, 0.6) is 0 Å². The lowest BCUT2D eigenvalue weighted by Crippen LogP contribution is -1.98. The number of thiophene rings is 1. The van der Waals surface area contributed by atoms with Crippen molar-refractivity contribution in [2.24, 2.45) is 0 Å². The molecule has 1 aromatic carbocycles. The molecule has 0 aliphatic rings. The Hall–Kier alpha value is -0.380. The predicted octanol–water partition coefficient (Wildman–Crippen LogP) is 5.17. The summed E-state index contributed by atoms with van der Waals surface area (Å²) in [7, 11) is 0. The Kier molecular flexibility index (Phi) is 4.00. The summed E-state index contributed by atoms with van der Waals surface area (Å²) in [4.78, 5) is 1.17. The highest BCUT2D eigenvalue weighted by atomic mass is 79.9. The molecule has 0 N–H and O–H groups in total. The molecule has 0 bridgehead atoms. The van der Waals surface area contributed by atoms with Crippen molar-refractivity contribution in [3.05, 3.63) is 56.4 Å². The van der Waals surface area contributed by atoms with Crippen molar-refractivity contribution < 1.29 is 4.39 Å². The summed E-state index contributed by atoms with van der Waals surface area (Å²) < 4.78 is 14.2. The van der Waals surface area contributed by atoms with E-state index in [1.807, 2.05) is 17.5 Å². The number of alkyl halides is 1. The van der Waals surface area contributed by atoms with Crippen LogP contribution in [0.25, 0.3) is 0 Å². The summed E-state index contributed by atoms with van der Waals surface area (Å²) in [5, 5.41) is 1.67. The van der Waals surface area contributed by atoms with E-state index in [0.29, 0.717) is 16.5 Å². The van der Waals surface area contributed by atoms with E-state index in [-0.39, 0.29) is 11.2 Å². The third-order valence-corrected chi connectivity index (χ3v) is 4.18. The van der Waals surface area contributed by atoms with E-state index < -0.39 is 0 Å². The number of rotatable bonds is 3. The Morgan fingerprint density at radius 2 is 2.12 bits per heavy atom. The van der Waals surface area contributed by atoms with Crippen molar-refractivity contribution in [3.8, 4) is 0 Å². The van der Waals surface area contributed by atoms with Crippen molar-refractivity contribution in [1.29, 1.82) is 0 Å². The first-order valence-corrected chi connectivity index (χ1v) is 6.89. The Labute approximate surface area is 111 Å². The average molecular weight is 320 g/mol. The fourth-order valence-corrected chi connectivity index (χ4v) is 3.04. The van der Waals surface area contributed by atoms with Crippen LogP contribution in [-0.4, -0.2) is 0 Å². The van der Waals surface area contributed by atoms with Gasteiger partial charge in [-0.2, -0.15) is 0 Å². The summed E-state index contributed by atoms with van der Waals surface area (Å²) in [6, 6.07) is 9.18. The van der Waals surface area contributed by atoms with Gasteiger partial charge < -0.3 is 0 Å². The van der Waals surface area contributed by atoms with Crippen LogP contribution in [-0.2, 0) is 6.42 Å². The van der Waals surface area contributed by atoms with Crippen LogP contribution in [0.2, 0.25) is 0 Å². The van der Waals surface area contributed by atoms with Crippen LogP contribution in [0, 0.1) is 5.82 Å². The van der Waals surface area contributed by atoms with Gasteiger partial charge in [-0.25, -0.2) is 4.39 Å². The molecule has 2 aromatic rings. The first-order chi connectivity index (χ1) is 7.68. The zero-order valence-electron chi connectivity index (χ0n) is 8.29. The molecule has 0 nitrogen and oxygen atoms in total. The predicted molar refractivity (Wildman–Crippen MR) is 70.7 cm³/mol. The average Bonchev–Trinajstić information content (AvgIpc) is 2.74. The van der Waals surface area contributed by atoms with Crippen molar-refractivity contribution in [3.63, 3.8) is 0 Å². The summed E-state index contributed by atoms with van der Waals surface area (Å²) in [5.41, 5.74) is 0.546. The minimum absolute atomic E-state index is 0.265. The smallest absolute Gasteiger partial charge is 0.142 e. The Balaban J connectivity index is 2.21.